The zero-order valence-corrected chi connectivity index (χ0v) is 15.5. The lowest BCUT2D eigenvalue weighted by atomic mass is 9.90. The number of nitrogens with one attached hydrogen (secondary N) is 1. The third kappa shape index (κ3) is 3.55. The van der Waals surface area contributed by atoms with Gasteiger partial charge in [0.2, 0.25) is 0 Å². The molecule has 0 amide bonds. The second-order valence-electron chi connectivity index (χ2n) is 6.87. The van der Waals surface area contributed by atoms with Crippen LogP contribution in [-0.2, 0) is 17.8 Å². The summed E-state index contributed by atoms with van der Waals surface area (Å²) in [7, 11) is 0. The Morgan fingerprint density at radius 2 is 2.08 bits per heavy atom. The Kier molecular flexibility index (Phi) is 5.09. The van der Waals surface area contributed by atoms with Crippen LogP contribution in [0.4, 0.5) is 0 Å². The van der Waals surface area contributed by atoms with Crippen LogP contribution in [0.15, 0.2) is 35.2 Å². The molecule has 2 aliphatic heterocycles. The number of fused-ring (bicyclic) bond motifs is 2. The molecule has 136 valence electrons. The normalized spacial score (nSPS) is 16.5. The molecule has 0 unspecified atom stereocenters. The van der Waals surface area contributed by atoms with Crippen LogP contribution in [0.1, 0.15) is 47.3 Å². The van der Waals surface area contributed by atoms with Gasteiger partial charge in [-0.3, -0.25) is 4.79 Å². The highest BCUT2D eigenvalue weighted by Crippen LogP contribution is 2.43. The van der Waals surface area contributed by atoms with Crippen molar-refractivity contribution in [2.75, 3.05) is 13.1 Å². The Morgan fingerprint density at radius 1 is 1.23 bits per heavy atom. The van der Waals surface area contributed by atoms with Gasteiger partial charge in [0.15, 0.2) is 0 Å². The van der Waals surface area contributed by atoms with E-state index in [4.69, 9.17) is 9.84 Å². The molecule has 1 aromatic heterocycles. The second-order valence-corrected chi connectivity index (χ2v) is 7.79. The minimum absolute atomic E-state index is 0.211. The van der Waals surface area contributed by atoms with Crippen LogP contribution in [0.25, 0.3) is 5.57 Å². The van der Waals surface area contributed by atoms with Gasteiger partial charge < -0.3 is 15.2 Å². The maximum Gasteiger partial charge on any atom is 0.303 e. The van der Waals surface area contributed by atoms with Gasteiger partial charge in [0.25, 0.3) is 0 Å². The fourth-order valence-electron chi connectivity index (χ4n) is 3.77. The average Bonchev–Trinajstić information content (AvgIpc) is 3.04. The van der Waals surface area contributed by atoms with E-state index < -0.39 is 5.97 Å². The van der Waals surface area contributed by atoms with E-state index in [9.17, 15) is 4.79 Å². The molecule has 26 heavy (non-hydrogen) atoms. The van der Waals surface area contributed by atoms with E-state index in [1.165, 1.54) is 32.7 Å². The van der Waals surface area contributed by atoms with Crippen LogP contribution in [0.2, 0.25) is 0 Å². The summed E-state index contributed by atoms with van der Waals surface area (Å²) in [6, 6.07) is 8.52. The molecule has 2 aromatic rings. The monoisotopic (exact) mass is 369 g/mol. The average molecular weight is 369 g/mol. The summed E-state index contributed by atoms with van der Waals surface area (Å²) in [4.78, 5) is 12.1. The molecule has 0 bridgehead atoms. The highest BCUT2D eigenvalue weighted by Gasteiger charge is 2.24. The Balaban J connectivity index is 1.75. The number of aliphatic carboxylic acids is 1. The molecule has 2 N–H and O–H groups in total. The summed E-state index contributed by atoms with van der Waals surface area (Å²) in [6.07, 6.45) is 3.78. The Morgan fingerprint density at radius 3 is 2.88 bits per heavy atom. The van der Waals surface area contributed by atoms with E-state index in [1.54, 1.807) is 11.3 Å². The maximum atomic E-state index is 10.8. The number of thiophene rings is 1. The highest BCUT2D eigenvalue weighted by molar-refractivity contribution is 7.11. The van der Waals surface area contributed by atoms with Crippen LogP contribution in [0.3, 0.4) is 0 Å². The quantitative estimate of drug-likeness (QED) is 0.847. The van der Waals surface area contributed by atoms with Crippen molar-refractivity contribution in [3.63, 3.8) is 0 Å². The second kappa shape index (κ2) is 7.64. The largest absolute Gasteiger partial charge is 0.488 e. The van der Waals surface area contributed by atoms with E-state index in [2.05, 4.69) is 35.0 Å². The van der Waals surface area contributed by atoms with E-state index in [-0.39, 0.29) is 6.42 Å². The smallest absolute Gasteiger partial charge is 0.303 e. The fraction of sp³-hybridized carbons (Fsp3) is 0.381. The topological polar surface area (TPSA) is 58.6 Å². The third-order valence-electron chi connectivity index (χ3n) is 5.09. The molecule has 0 spiro atoms. The van der Waals surface area contributed by atoms with Gasteiger partial charge in [-0.25, -0.2) is 0 Å². The lowest BCUT2D eigenvalue weighted by Gasteiger charge is -2.21. The van der Waals surface area contributed by atoms with Gasteiger partial charge in [-0.15, -0.1) is 11.3 Å². The van der Waals surface area contributed by atoms with Gasteiger partial charge in [0, 0.05) is 28.0 Å². The number of carboxylic acids is 1. The van der Waals surface area contributed by atoms with Crippen LogP contribution in [0.5, 0.6) is 5.75 Å². The first-order valence-electron chi connectivity index (χ1n) is 9.20. The molecule has 0 aliphatic carbocycles. The first-order valence-corrected chi connectivity index (χ1v) is 10.1. The number of benzene rings is 1. The number of piperidine rings is 1. The predicted octanol–water partition coefficient (Wildman–Crippen LogP) is 4.23. The van der Waals surface area contributed by atoms with Crippen LogP contribution in [0, 0.1) is 0 Å². The maximum absolute atomic E-state index is 10.8. The van der Waals surface area contributed by atoms with Gasteiger partial charge in [-0.1, -0.05) is 11.6 Å². The summed E-state index contributed by atoms with van der Waals surface area (Å²) < 4.78 is 6.11. The van der Waals surface area contributed by atoms with Crippen molar-refractivity contribution in [1.82, 2.24) is 5.32 Å². The van der Waals surface area contributed by atoms with Crippen molar-refractivity contribution < 1.29 is 14.6 Å². The fourth-order valence-corrected chi connectivity index (χ4v) is 4.79. The van der Waals surface area contributed by atoms with E-state index in [0.29, 0.717) is 13.0 Å². The van der Waals surface area contributed by atoms with E-state index in [0.717, 1.165) is 38.1 Å². The minimum atomic E-state index is -0.733. The first kappa shape index (κ1) is 17.3. The van der Waals surface area contributed by atoms with Crippen molar-refractivity contribution in [3.05, 3.63) is 56.8 Å². The summed E-state index contributed by atoms with van der Waals surface area (Å²) in [5, 5.41) is 14.5. The molecular weight excluding hydrogens is 346 g/mol. The molecule has 0 saturated carbocycles. The van der Waals surface area contributed by atoms with Crippen molar-refractivity contribution in [3.8, 4) is 5.75 Å². The third-order valence-corrected chi connectivity index (χ3v) is 6.06. The summed E-state index contributed by atoms with van der Waals surface area (Å²) in [5.74, 6) is 0.209. The van der Waals surface area contributed by atoms with Gasteiger partial charge in [0.05, 0.1) is 0 Å². The molecule has 1 saturated heterocycles. The van der Waals surface area contributed by atoms with Crippen LogP contribution in [-0.4, -0.2) is 24.2 Å². The van der Waals surface area contributed by atoms with E-state index in [1.807, 2.05) is 0 Å². The molecule has 5 heteroatoms. The zero-order chi connectivity index (χ0) is 17.9. The Hall–Kier alpha value is -2.11. The summed E-state index contributed by atoms with van der Waals surface area (Å²) >= 11 is 1.80. The molecule has 3 heterocycles. The van der Waals surface area contributed by atoms with Crippen LogP contribution >= 0.6 is 11.3 Å². The lowest BCUT2D eigenvalue weighted by Crippen LogP contribution is -2.23. The standard InChI is InChI=1S/C21H23NO3S/c23-19(24)3-1-2-14-4-5-18-17(12-14)20(15-6-9-22-10-7-15)21-16(13-25-18)8-11-26-21/h4-5,8,11-12,22H,1-3,6-7,9-10,13H2,(H,23,24). The predicted molar refractivity (Wildman–Crippen MR) is 104 cm³/mol. The number of carboxylic acid groups (broad SMARTS) is 1. The summed E-state index contributed by atoms with van der Waals surface area (Å²) in [6.45, 7) is 2.65. The Bertz CT molecular complexity index is 845. The number of ether oxygens (including phenoxy) is 1. The lowest BCUT2D eigenvalue weighted by molar-refractivity contribution is -0.137. The molecule has 2 aliphatic rings. The molecule has 4 rings (SSSR count). The molecular formula is C21H23NO3S. The zero-order valence-electron chi connectivity index (χ0n) is 14.7. The van der Waals surface area contributed by atoms with Crippen LogP contribution < -0.4 is 10.1 Å². The van der Waals surface area contributed by atoms with Gasteiger partial charge >= 0.3 is 5.97 Å². The minimum Gasteiger partial charge on any atom is -0.488 e. The first-order chi connectivity index (χ1) is 12.7. The SMILES string of the molecule is O=C(O)CCCc1ccc2c(c1)C(=C1CCNCC1)c1sccc1CO2. The molecule has 0 radical (unpaired) electrons. The van der Waals surface area contributed by atoms with Crippen molar-refractivity contribution >= 4 is 22.9 Å². The molecule has 4 nitrogen and oxygen atoms in total. The summed E-state index contributed by atoms with van der Waals surface area (Å²) in [5.41, 5.74) is 6.47. The van der Waals surface area contributed by atoms with Crippen molar-refractivity contribution in [1.29, 1.82) is 0 Å². The number of aryl methyl sites for hydroxylation is 1. The molecule has 1 aromatic carbocycles. The molecule has 0 atom stereocenters. The Labute approximate surface area is 157 Å². The van der Waals surface area contributed by atoms with Crippen molar-refractivity contribution in [2.24, 2.45) is 0 Å². The van der Waals surface area contributed by atoms with Gasteiger partial charge in [-0.05, 0) is 67.9 Å². The van der Waals surface area contributed by atoms with Crippen molar-refractivity contribution in [2.45, 2.75) is 38.7 Å². The highest BCUT2D eigenvalue weighted by atomic mass is 32.1. The number of rotatable bonds is 4. The molecule has 1 fully saturated rings. The van der Waals surface area contributed by atoms with E-state index >= 15 is 0 Å². The number of hydrogen-bond acceptors (Lipinski definition) is 4. The van der Waals surface area contributed by atoms with Gasteiger partial charge in [-0.2, -0.15) is 0 Å². The number of hydrogen-bond donors (Lipinski definition) is 2. The number of carbonyl (C=O) groups is 1. The van der Waals surface area contributed by atoms with Gasteiger partial charge in [0.1, 0.15) is 12.4 Å².